The third-order valence-electron chi connectivity index (χ3n) is 16.3. The zero-order valence-electron chi connectivity index (χ0n) is 56.7. The van der Waals surface area contributed by atoms with Gasteiger partial charge in [-0.3, -0.25) is 24.1 Å². The lowest BCUT2D eigenvalue weighted by molar-refractivity contribution is -0.143. The van der Waals surface area contributed by atoms with Crippen LogP contribution in [0.15, 0.2) is 24.3 Å². The Labute approximate surface area is 537 Å². The minimum absolute atomic E-state index is 0.0933. The van der Waals surface area contributed by atoms with Crippen LogP contribution in [-0.2, 0) is 28.7 Å². The van der Waals surface area contributed by atoms with Crippen LogP contribution in [0.4, 0.5) is 0 Å². The second kappa shape index (κ2) is 65.8. The molecule has 15 heteroatoms. The molecular formula is C71H137N5O8S2. The fourth-order valence-electron chi connectivity index (χ4n) is 10.7. The number of carbonyl (C=O) groups is 4. The Morgan fingerprint density at radius 3 is 1.31 bits per heavy atom. The van der Waals surface area contributed by atoms with Crippen LogP contribution in [0.5, 0.6) is 0 Å². The summed E-state index contributed by atoms with van der Waals surface area (Å²) in [5, 5.41) is 28.4. The zero-order valence-corrected chi connectivity index (χ0v) is 58.4. The lowest BCUT2D eigenvalue weighted by Gasteiger charge is -2.28. The van der Waals surface area contributed by atoms with E-state index in [1.807, 2.05) is 22.9 Å². The Balaban J connectivity index is 5.31. The molecule has 86 heavy (non-hydrogen) atoms. The minimum Gasteiger partial charge on any atom is -0.461 e. The Kier molecular flexibility index (Phi) is 64.2. The molecule has 4 N–H and O–H groups in total. The number of amides is 2. The van der Waals surface area contributed by atoms with Crippen LogP contribution in [-0.4, -0.2) is 157 Å². The number of aliphatic hydroxyl groups is 2. The van der Waals surface area contributed by atoms with E-state index in [2.05, 4.69) is 79.0 Å². The summed E-state index contributed by atoms with van der Waals surface area (Å²) in [6, 6.07) is -0.636. The summed E-state index contributed by atoms with van der Waals surface area (Å²) in [5.74, 6) is 1.25. The molecule has 0 rings (SSSR count). The molecule has 13 nitrogen and oxygen atoms in total. The maximum absolute atomic E-state index is 13.7. The molecule has 3 atom stereocenters. The van der Waals surface area contributed by atoms with E-state index in [4.69, 9.17) is 9.47 Å². The SMILES string of the molecule is CCCCCC/C=C\COC(=O)CCCCCCCN(CCCCCCCC(=O)OC/C=C\CCCCCC)CCCCSSCCC(NC(=O)CCN(CC(O)CCCCCCCC)CC(O)CCCCCCCC)C(=O)NCCN(CC)CC. The van der Waals surface area contributed by atoms with Crippen LogP contribution >= 0.6 is 21.6 Å². The van der Waals surface area contributed by atoms with Gasteiger partial charge in [-0.15, -0.1) is 0 Å². The predicted molar refractivity (Wildman–Crippen MR) is 370 cm³/mol. The number of carbonyl (C=O) groups excluding carboxylic acids is 4. The molecule has 0 aliphatic carbocycles. The third kappa shape index (κ3) is 58.2. The summed E-state index contributed by atoms with van der Waals surface area (Å²) < 4.78 is 10.9. The molecule has 0 aromatic heterocycles. The maximum Gasteiger partial charge on any atom is 0.306 e. The van der Waals surface area contributed by atoms with E-state index in [1.165, 1.54) is 103 Å². The molecule has 0 spiro atoms. The van der Waals surface area contributed by atoms with Crippen LogP contribution in [0.25, 0.3) is 0 Å². The van der Waals surface area contributed by atoms with Crippen LogP contribution in [0.1, 0.15) is 298 Å². The van der Waals surface area contributed by atoms with Crippen molar-refractivity contribution in [1.82, 2.24) is 25.3 Å². The summed E-state index contributed by atoms with van der Waals surface area (Å²) in [6.07, 6.45) is 49.3. The number of esters is 2. The fourth-order valence-corrected chi connectivity index (χ4v) is 13.0. The molecule has 0 saturated carbocycles. The standard InChI is InChI=1S/C71H137N5O8S2/c1-7-13-17-21-25-35-44-59-83-69(80)49-39-31-27-33-41-54-75(55-42-34-28-32-40-50-70(81)84-60-45-36-26-22-18-14-8-2)56-43-46-61-85-86-62-52-67(71(82)72-53-58-74(11-5)12-6)73-68(79)51-57-76(63-65(77)47-37-29-23-19-15-9-3)64-66(78)48-38-30-24-20-16-10-4/h35-36,44-45,65-67,77-78H,7-34,37-43,46-64H2,1-6H3,(H,72,82)(H,73,79)/b44-35-,45-36-. The van der Waals surface area contributed by atoms with Gasteiger partial charge in [-0.05, 0) is 116 Å². The third-order valence-corrected chi connectivity index (χ3v) is 18.9. The Bertz CT molecular complexity index is 1500. The number of unbranched alkanes of at least 4 members (excludes halogenated alkanes) is 27. The molecule has 3 unspecified atom stereocenters. The largest absolute Gasteiger partial charge is 0.461 e. The molecular weight excluding hydrogens is 1110 g/mol. The van der Waals surface area contributed by atoms with Crippen molar-refractivity contribution in [2.24, 2.45) is 0 Å². The van der Waals surface area contributed by atoms with Gasteiger partial charge in [0.25, 0.3) is 0 Å². The fraction of sp³-hybridized carbons (Fsp3) is 0.887. The maximum atomic E-state index is 13.7. The van der Waals surface area contributed by atoms with Gasteiger partial charge in [-0.25, -0.2) is 0 Å². The average molecular weight is 1250 g/mol. The first kappa shape index (κ1) is 83.9. The highest BCUT2D eigenvalue weighted by atomic mass is 33.1. The molecule has 0 saturated heterocycles. The van der Waals surface area contributed by atoms with Crippen molar-refractivity contribution in [3.8, 4) is 0 Å². The van der Waals surface area contributed by atoms with E-state index in [1.54, 1.807) is 10.8 Å². The molecule has 0 aromatic carbocycles. The average Bonchev–Trinajstić information content (AvgIpc) is 3.70. The molecule has 0 aliphatic rings. The number of ether oxygens (including phenoxy) is 2. The van der Waals surface area contributed by atoms with Crippen LogP contribution in [0, 0.1) is 0 Å². The van der Waals surface area contributed by atoms with Crippen LogP contribution < -0.4 is 10.6 Å². The number of nitrogens with one attached hydrogen (secondary N) is 2. The van der Waals surface area contributed by atoms with Crippen molar-refractivity contribution in [1.29, 1.82) is 0 Å². The van der Waals surface area contributed by atoms with Gasteiger partial charge in [-0.1, -0.05) is 242 Å². The first-order chi connectivity index (χ1) is 42.0. The quantitative estimate of drug-likeness (QED) is 0.0197. The van der Waals surface area contributed by atoms with E-state index in [-0.39, 0.29) is 30.2 Å². The lowest BCUT2D eigenvalue weighted by Crippen LogP contribution is -2.49. The molecule has 0 bridgehead atoms. The van der Waals surface area contributed by atoms with Gasteiger partial charge in [0.05, 0.1) is 12.2 Å². The molecule has 0 fully saturated rings. The molecule has 0 heterocycles. The Morgan fingerprint density at radius 1 is 0.419 bits per heavy atom. The molecule has 2 amide bonds. The van der Waals surface area contributed by atoms with Gasteiger partial charge in [0, 0.05) is 63.5 Å². The van der Waals surface area contributed by atoms with E-state index < -0.39 is 18.2 Å². The number of hydrogen-bond acceptors (Lipinski definition) is 13. The van der Waals surface area contributed by atoms with Crippen molar-refractivity contribution in [3.63, 3.8) is 0 Å². The van der Waals surface area contributed by atoms with E-state index in [9.17, 15) is 29.4 Å². The summed E-state index contributed by atoms with van der Waals surface area (Å²) in [7, 11) is 3.63. The predicted octanol–water partition coefficient (Wildman–Crippen LogP) is 16.5. The Hall–Kier alpha value is -2.14. The van der Waals surface area contributed by atoms with Gasteiger partial charge >= 0.3 is 11.9 Å². The van der Waals surface area contributed by atoms with Crippen molar-refractivity contribution >= 4 is 45.3 Å². The van der Waals surface area contributed by atoms with Gasteiger partial charge in [0.1, 0.15) is 19.3 Å². The van der Waals surface area contributed by atoms with E-state index in [0.717, 1.165) is 179 Å². The highest BCUT2D eigenvalue weighted by molar-refractivity contribution is 8.76. The molecule has 0 radical (unpaired) electrons. The second-order valence-electron chi connectivity index (χ2n) is 24.4. The number of rotatable bonds is 67. The summed E-state index contributed by atoms with van der Waals surface area (Å²) in [5.41, 5.74) is 0. The van der Waals surface area contributed by atoms with E-state index >= 15 is 0 Å². The number of aliphatic hydroxyl groups excluding tert-OH is 2. The lowest BCUT2D eigenvalue weighted by atomic mass is 10.1. The molecule has 506 valence electrons. The number of likely N-dealkylation sites (N-methyl/N-ethyl adjacent to an activating group) is 1. The number of hydrogen-bond donors (Lipinski definition) is 4. The summed E-state index contributed by atoms with van der Waals surface area (Å²) >= 11 is 0. The minimum atomic E-state index is -0.636. The first-order valence-corrected chi connectivity index (χ1v) is 38.5. The van der Waals surface area contributed by atoms with Gasteiger partial charge < -0.3 is 40.1 Å². The van der Waals surface area contributed by atoms with Crippen molar-refractivity contribution in [2.45, 2.75) is 317 Å². The highest BCUT2D eigenvalue weighted by Gasteiger charge is 2.23. The van der Waals surface area contributed by atoms with Gasteiger partial charge in [0.15, 0.2) is 0 Å². The highest BCUT2D eigenvalue weighted by Crippen LogP contribution is 2.24. The summed E-state index contributed by atoms with van der Waals surface area (Å²) in [4.78, 5) is 59.0. The van der Waals surface area contributed by atoms with E-state index in [0.29, 0.717) is 58.7 Å². The smallest absolute Gasteiger partial charge is 0.306 e. The first-order valence-electron chi connectivity index (χ1n) is 36.0. The van der Waals surface area contributed by atoms with Crippen molar-refractivity contribution in [2.75, 3.05) is 90.2 Å². The molecule has 0 aromatic rings. The topological polar surface area (TPSA) is 161 Å². The van der Waals surface area contributed by atoms with Gasteiger partial charge in [0.2, 0.25) is 11.8 Å². The Morgan fingerprint density at radius 2 is 0.837 bits per heavy atom. The zero-order chi connectivity index (χ0) is 63.0. The summed E-state index contributed by atoms with van der Waals surface area (Å²) in [6.45, 7) is 21.5. The molecule has 0 aliphatic heterocycles. The van der Waals surface area contributed by atoms with Crippen molar-refractivity contribution in [3.05, 3.63) is 24.3 Å². The monoisotopic (exact) mass is 1250 g/mol. The van der Waals surface area contributed by atoms with Crippen LogP contribution in [0.3, 0.4) is 0 Å². The van der Waals surface area contributed by atoms with Crippen molar-refractivity contribution < 1.29 is 38.9 Å². The second-order valence-corrected chi connectivity index (χ2v) is 27.1. The number of allylic oxidation sites excluding steroid dienone is 2. The number of nitrogens with zero attached hydrogens (tertiary/aromatic N) is 3. The van der Waals surface area contributed by atoms with Gasteiger partial charge in [-0.2, -0.15) is 0 Å². The van der Waals surface area contributed by atoms with Crippen LogP contribution in [0.2, 0.25) is 0 Å². The normalized spacial score (nSPS) is 13.0.